The zero-order chi connectivity index (χ0) is 21.1. The highest BCUT2D eigenvalue weighted by Crippen LogP contribution is 2.47. The lowest BCUT2D eigenvalue weighted by Crippen LogP contribution is -2.41. The highest BCUT2D eigenvalue weighted by atomic mass is 32.1. The molecule has 0 unspecified atom stereocenters. The van der Waals surface area contributed by atoms with E-state index in [4.69, 9.17) is 9.31 Å². The molecule has 0 spiro atoms. The van der Waals surface area contributed by atoms with Gasteiger partial charge in [-0.25, -0.2) is 0 Å². The second-order valence-electron chi connectivity index (χ2n) is 11.0. The topological polar surface area (TPSA) is 18.5 Å². The minimum Gasteiger partial charge on any atom is -0.400 e. The summed E-state index contributed by atoms with van der Waals surface area (Å²) in [6.45, 7) is 20.1. The Kier molecular flexibility index (Phi) is 5.44. The van der Waals surface area contributed by atoms with Crippen LogP contribution in [0.2, 0.25) is 0 Å². The number of aryl methyl sites for hydroxylation is 1. The first kappa shape index (κ1) is 22.0. The van der Waals surface area contributed by atoms with E-state index in [1.807, 2.05) is 0 Å². The number of hydrogen-bond donors (Lipinski definition) is 1. The van der Waals surface area contributed by atoms with E-state index in [9.17, 15) is 0 Å². The first-order valence-electron chi connectivity index (χ1n) is 10.5. The molecular weight excluding hydrogens is 363 g/mol. The van der Waals surface area contributed by atoms with E-state index in [0.717, 1.165) is 5.47 Å². The molecule has 0 radical (unpaired) electrons. The average molecular weight is 400 g/mol. The fourth-order valence-corrected chi connectivity index (χ4v) is 4.52. The van der Waals surface area contributed by atoms with Gasteiger partial charge in [-0.15, -0.1) is 0 Å². The van der Waals surface area contributed by atoms with Crippen LogP contribution in [0.4, 0.5) is 0 Å². The molecule has 1 aliphatic carbocycles. The van der Waals surface area contributed by atoms with Gasteiger partial charge < -0.3 is 9.31 Å². The first-order valence-corrected chi connectivity index (χ1v) is 11.2. The molecule has 3 rings (SSSR count). The zero-order valence-corrected chi connectivity index (χ0v) is 20.1. The Labute approximate surface area is 178 Å². The summed E-state index contributed by atoms with van der Waals surface area (Å²) < 4.78 is 12.6. The molecule has 0 bridgehead atoms. The molecule has 0 amide bonds. The van der Waals surface area contributed by atoms with Crippen LogP contribution in [-0.4, -0.2) is 24.1 Å². The second kappa shape index (κ2) is 6.92. The molecule has 1 fully saturated rings. The van der Waals surface area contributed by atoms with Gasteiger partial charge in [0.2, 0.25) is 0 Å². The smallest absolute Gasteiger partial charge is 0.400 e. The van der Waals surface area contributed by atoms with Gasteiger partial charge in [-0.1, -0.05) is 45.9 Å². The van der Waals surface area contributed by atoms with Gasteiger partial charge in [0.25, 0.3) is 0 Å². The number of fused-ring (bicyclic) bond motifs is 1. The van der Waals surface area contributed by atoms with Crippen molar-refractivity contribution in [2.75, 3.05) is 5.75 Å². The van der Waals surface area contributed by atoms with Gasteiger partial charge in [0.05, 0.1) is 11.2 Å². The Hall–Kier alpha value is -0.705. The van der Waals surface area contributed by atoms with Gasteiger partial charge in [0.1, 0.15) is 0 Å². The third kappa shape index (κ3) is 3.73. The standard InChI is InChI=1S/C24H37BO2S/c1-16-12-19-20(22(4,5)11-10-21(19,2)3)14-17(16)13-18(15-28)25-26-23(6,7)24(8,9)27-25/h12-14,28H,10-11,15H2,1-9H3. The van der Waals surface area contributed by atoms with Crippen LogP contribution in [0.1, 0.15) is 90.5 Å². The van der Waals surface area contributed by atoms with E-state index in [0.29, 0.717) is 5.75 Å². The third-order valence-electron chi connectivity index (χ3n) is 7.32. The molecule has 0 N–H and O–H groups in total. The number of hydrogen-bond acceptors (Lipinski definition) is 3. The van der Waals surface area contributed by atoms with Gasteiger partial charge in [-0.2, -0.15) is 12.6 Å². The van der Waals surface area contributed by atoms with E-state index in [-0.39, 0.29) is 29.2 Å². The largest absolute Gasteiger partial charge is 0.491 e. The molecule has 1 saturated heterocycles. The molecule has 4 heteroatoms. The lowest BCUT2D eigenvalue weighted by atomic mass is 9.62. The second-order valence-corrected chi connectivity index (χ2v) is 11.3. The van der Waals surface area contributed by atoms with Gasteiger partial charge in [-0.3, -0.25) is 0 Å². The van der Waals surface area contributed by atoms with Crippen molar-refractivity contribution in [2.45, 2.75) is 97.2 Å². The molecule has 154 valence electrons. The van der Waals surface area contributed by atoms with E-state index in [2.05, 4.69) is 93.2 Å². The van der Waals surface area contributed by atoms with E-state index >= 15 is 0 Å². The summed E-state index contributed by atoms with van der Waals surface area (Å²) in [6.07, 6.45) is 4.69. The highest BCUT2D eigenvalue weighted by Gasteiger charge is 2.52. The number of thiol groups is 1. The lowest BCUT2D eigenvalue weighted by molar-refractivity contribution is 0.00578. The summed E-state index contributed by atoms with van der Waals surface area (Å²) in [7, 11) is -0.345. The maximum atomic E-state index is 6.28. The van der Waals surface area contributed by atoms with E-state index in [1.54, 1.807) is 0 Å². The third-order valence-corrected chi connectivity index (χ3v) is 7.68. The fraction of sp³-hybridized carbons (Fsp3) is 0.667. The summed E-state index contributed by atoms with van der Waals surface area (Å²) in [5, 5.41) is 0. The van der Waals surface area contributed by atoms with Crippen molar-refractivity contribution < 1.29 is 9.31 Å². The summed E-state index contributed by atoms with van der Waals surface area (Å²) in [5.74, 6) is 0.613. The van der Waals surface area contributed by atoms with Crippen LogP contribution < -0.4 is 0 Å². The maximum absolute atomic E-state index is 6.28. The minimum atomic E-state index is -0.345. The Morgan fingerprint density at radius 1 is 0.929 bits per heavy atom. The summed E-state index contributed by atoms with van der Waals surface area (Å²) in [5.41, 5.74) is 6.38. The average Bonchev–Trinajstić information content (AvgIpc) is 2.78. The van der Waals surface area contributed by atoms with Crippen LogP contribution in [0.3, 0.4) is 0 Å². The van der Waals surface area contributed by atoms with Gasteiger partial charge in [-0.05, 0) is 86.0 Å². The Morgan fingerprint density at radius 3 is 1.86 bits per heavy atom. The SMILES string of the molecule is Cc1cc2c(cc1C=C(CS)B1OC(C)(C)C(C)(C)O1)C(C)(C)CCC2(C)C. The van der Waals surface area contributed by atoms with Crippen molar-refractivity contribution in [1.82, 2.24) is 0 Å². The summed E-state index contributed by atoms with van der Waals surface area (Å²) in [4.78, 5) is 0. The lowest BCUT2D eigenvalue weighted by Gasteiger charge is -2.42. The van der Waals surface area contributed by atoms with Crippen LogP contribution >= 0.6 is 12.6 Å². The van der Waals surface area contributed by atoms with Gasteiger partial charge in [0, 0.05) is 5.75 Å². The van der Waals surface area contributed by atoms with Crippen molar-refractivity contribution in [2.24, 2.45) is 0 Å². The summed E-state index contributed by atoms with van der Waals surface area (Å²) >= 11 is 4.60. The quantitative estimate of drug-likeness (QED) is 0.475. The van der Waals surface area contributed by atoms with Crippen molar-refractivity contribution in [1.29, 1.82) is 0 Å². The van der Waals surface area contributed by atoms with Crippen LogP contribution in [0.25, 0.3) is 6.08 Å². The van der Waals surface area contributed by atoms with Crippen molar-refractivity contribution in [3.8, 4) is 0 Å². The molecule has 2 nitrogen and oxygen atoms in total. The molecule has 1 aliphatic heterocycles. The number of benzene rings is 1. The number of rotatable bonds is 3. The highest BCUT2D eigenvalue weighted by molar-refractivity contribution is 7.80. The van der Waals surface area contributed by atoms with Crippen LogP contribution in [-0.2, 0) is 20.1 Å². The Balaban J connectivity index is 2.04. The van der Waals surface area contributed by atoms with E-state index < -0.39 is 0 Å². The fourth-order valence-electron chi connectivity index (χ4n) is 4.28. The molecule has 0 aromatic heterocycles. The van der Waals surface area contributed by atoms with Crippen molar-refractivity contribution in [3.63, 3.8) is 0 Å². The molecule has 0 saturated carbocycles. The van der Waals surface area contributed by atoms with Crippen LogP contribution in [0.5, 0.6) is 0 Å². The molecular formula is C24H37BO2S. The van der Waals surface area contributed by atoms with E-state index in [1.165, 1.54) is 35.1 Å². The summed E-state index contributed by atoms with van der Waals surface area (Å²) in [6, 6.07) is 4.81. The Morgan fingerprint density at radius 2 is 1.39 bits per heavy atom. The normalized spacial score (nSPS) is 24.9. The van der Waals surface area contributed by atoms with Gasteiger partial charge >= 0.3 is 7.12 Å². The minimum absolute atomic E-state index is 0.201. The molecule has 28 heavy (non-hydrogen) atoms. The predicted octanol–water partition coefficient (Wildman–Crippen LogP) is 6.29. The maximum Gasteiger partial charge on any atom is 0.491 e. The first-order chi connectivity index (χ1) is 12.7. The molecule has 1 aromatic carbocycles. The van der Waals surface area contributed by atoms with Crippen molar-refractivity contribution >= 4 is 25.8 Å². The Bertz CT molecular complexity index is 789. The zero-order valence-electron chi connectivity index (χ0n) is 19.2. The van der Waals surface area contributed by atoms with Crippen molar-refractivity contribution in [3.05, 3.63) is 39.9 Å². The molecule has 0 atom stereocenters. The molecule has 1 heterocycles. The van der Waals surface area contributed by atoms with Crippen LogP contribution in [0, 0.1) is 6.92 Å². The monoisotopic (exact) mass is 400 g/mol. The molecule has 2 aliphatic rings. The van der Waals surface area contributed by atoms with Gasteiger partial charge in [0.15, 0.2) is 0 Å². The van der Waals surface area contributed by atoms with Crippen LogP contribution in [0.15, 0.2) is 17.6 Å². The predicted molar refractivity (Wildman–Crippen MR) is 124 cm³/mol. The molecule has 1 aromatic rings.